The van der Waals surface area contributed by atoms with Gasteiger partial charge in [0.25, 0.3) is 5.91 Å². The van der Waals surface area contributed by atoms with Gasteiger partial charge in [-0.25, -0.2) is 4.79 Å². The van der Waals surface area contributed by atoms with Crippen LogP contribution in [-0.2, 0) is 13.0 Å². The molecule has 3 amide bonds. The number of carbonyl (C=O) groups is 2. The minimum Gasteiger partial charge on any atom is -0.372 e. The van der Waals surface area contributed by atoms with Crippen LogP contribution in [0.25, 0.3) is 0 Å². The number of benzene rings is 3. The van der Waals surface area contributed by atoms with E-state index in [9.17, 15) is 9.59 Å². The summed E-state index contributed by atoms with van der Waals surface area (Å²) < 4.78 is 0. The van der Waals surface area contributed by atoms with Crippen molar-refractivity contribution < 1.29 is 9.59 Å². The smallest absolute Gasteiger partial charge is 0.322 e. The number of amides is 3. The third-order valence-corrected chi connectivity index (χ3v) is 9.74. The van der Waals surface area contributed by atoms with E-state index in [4.69, 9.17) is 23.2 Å². The number of anilines is 3. The molecule has 3 aliphatic rings. The predicted molar refractivity (Wildman–Crippen MR) is 184 cm³/mol. The Bertz CT molecular complexity index is 1460. The van der Waals surface area contributed by atoms with E-state index in [2.05, 4.69) is 49.6 Å². The van der Waals surface area contributed by atoms with Crippen molar-refractivity contribution in [2.45, 2.75) is 38.6 Å². The highest BCUT2D eigenvalue weighted by molar-refractivity contribution is 6.39. The summed E-state index contributed by atoms with van der Waals surface area (Å²) in [6, 6.07) is 19.7. The van der Waals surface area contributed by atoms with Crippen molar-refractivity contribution in [1.82, 2.24) is 15.1 Å². The molecule has 0 radical (unpaired) electrons. The standard InChI is InChI=1S/C35H42Cl2N6O2/c36-31-23-26(12-17-40-13-1-2-14-40)24-32(37)33(31)39-35(45)43-20-18-42(19-21-43)29-10-8-28(9-11-29)34(44)38-25-27-6-5-7-30(22-27)41-15-3-4-16-41/h5-11,22-24H,1-4,12-21,25H2,(H,38,44)(H,39,45). The average Bonchev–Trinajstić information content (AvgIpc) is 3.80. The highest BCUT2D eigenvalue weighted by Gasteiger charge is 2.23. The monoisotopic (exact) mass is 648 g/mol. The Labute approximate surface area is 276 Å². The van der Waals surface area contributed by atoms with Gasteiger partial charge in [0, 0.05) is 69.3 Å². The third kappa shape index (κ3) is 8.04. The normalized spacial score (nSPS) is 17.2. The van der Waals surface area contributed by atoms with Gasteiger partial charge in [0.2, 0.25) is 0 Å². The number of carbonyl (C=O) groups excluding carboxylic acids is 2. The largest absolute Gasteiger partial charge is 0.372 e. The van der Waals surface area contributed by atoms with E-state index in [0.29, 0.717) is 54.0 Å². The van der Waals surface area contributed by atoms with Crippen LogP contribution in [0.15, 0.2) is 60.7 Å². The molecule has 3 aromatic carbocycles. The third-order valence-electron chi connectivity index (χ3n) is 9.15. The van der Waals surface area contributed by atoms with Crippen molar-refractivity contribution in [3.05, 3.63) is 87.4 Å². The molecule has 0 unspecified atom stereocenters. The molecule has 3 fully saturated rings. The van der Waals surface area contributed by atoms with E-state index in [1.54, 1.807) is 4.90 Å². The number of hydrogen-bond acceptors (Lipinski definition) is 5. The Hall–Kier alpha value is -3.46. The molecule has 2 N–H and O–H groups in total. The summed E-state index contributed by atoms with van der Waals surface area (Å²) in [4.78, 5) is 34.8. The fourth-order valence-corrected chi connectivity index (χ4v) is 7.11. The van der Waals surface area contributed by atoms with Gasteiger partial charge in [-0.2, -0.15) is 0 Å². The molecule has 0 atom stereocenters. The Morgan fingerprint density at radius 2 is 1.33 bits per heavy atom. The molecule has 10 heteroatoms. The van der Waals surface area contributed by atoms with Crippen LogP contribution in [0.2, 0.25) is 10.0 Å². The van der Waals surface area contributed by atoms with Crippen LogP contribution in [0, 0.1) is 0 Å². The Morgan fingerprint density at radius 1 is 0.689 bits per heavy atom. The molecule has 0 aromatic heterocycles. The fraction of sp³-hybridized carbons (Fsp3) is 0.429. The number of rotatable bonds is 9. The number of nitrogens with one attached hydrogen (secondary N) is 2. The molecule has 45 heavy (non-hydrogen) atoms. The number of hydrogen-bond donors (Lipinski definition) is 2. The molecule has 0 saturated carbocycles. The molecule has 3 saturated heterocycles. The van der Waals surface area contributed by atoms with Crippen LogP contribution in [0.4, 0.5) is 21.9 Å². The van der Waals surface area contributed by atoms with Gasteiger partial charge in [-0.3, -0.25) is 4.79 Å². The maximum Gasteiger partial charge on any atom is 0.322 e. The summed E-state index contributed by atoms with van der Waals surface area (Å²) in [6.45, 7) is 8.48. The summed E-state index contributed by atoms with van der Waals surface area (Å²) in [5.41, 5.74) is 5.52. The lowest BCUT2D eigenvalue weighted by atomic mass is 10.1. The lowest BCUT2D eigenvalue weighted by Gasteiger charge is -2.36. The fourth-order valence-electron chi connectivity index (χ4n) is 6.48. The Morgan fingerprint density at radius 3 is 2.02 bits per heavy atom. The van der Waals surface area contributed by atoms with Crippen LogP contribution < -0.4 is 20.4 Å². The van der Waals surface area contributed by atoms with Crippen LogP contribution in [0.5, 0.6) is 0 Å². The quantitative estimate of drug-likeness (QED) is 0.277. The molecular formula is C35H42Cl2N6O2. The lowest BCUT2D eigenvalue weighted by molar-refractivity contribution is 0.0951. The second-order valence-corrected chi connectivity index (χ2v) is 13.0. The zero-order valence-electron chi connectivity index (χ0n) is 25.7. The van der Waals surface area contributed by atoms with E-state index in [1.165, 1.54) is 31.4 Å². The van der Waals surface area contributed by atoms with Gasteiger partial charge in [0.15, 0.2) is 0 Å². The molecule has 0 aliphatic carbocycles. The summed E-state index contributed by atoms with van der Waals surface area (Å²) in [5.74, 6) is -0.0911. The molecule has 0 spiro atoms. The second-order valence-electron chi connectivity index (χ2n) is 12.2. The SMILES string of the molecule is O=C(NCc1cccc(N2CCCC2)c1)c1ccc(N2CCN(C(=O)Nc3c(Cl)cc(CCN4CCCC4)cc3Cl)CC2)cc1. The number of nitrogens with zero attached hydrogens (tertiary/aromatic N) is 4. The molecule has 3 heterocycles. The number of urea groups is 1. The van der Waals surface area contributed by atoms with Crippen molar-refractivity contribution in [3.8, 4) is 0 Å². The van der Waals surface area contributed by atoms with E-state index in [-0.39, 0.29) is 11.9 Å². The zero-order valence-corrected chi connectivity index (χ0v) is 27.3. The van der Waals surface area contributed by atoms with Gasteiger partial charge in [0.05, 0.1) is 15.7 Å². The minimum absolute atomic E-state index is 0.0911. The van der Waals surface area contributed by atoms with Gasteiger partial charge in [-0.1, -0.05) is 35.3 Å². The summed E-state index contributed by atoms with van der Waals surface area (Å²) >= 11 is 13.1. The first-order valence-electron chi connectivity index (χ1n) is 16.2. The van der Waals surface area contributed by atoms with Crippen LogP contribution in [0.3, 0.4) is 0 Å². The molecule has 238 valence electrons. The highest BCUT2D eigenvalue weighted by Crippen LogP contribution is 2.33. The molecule has 6 rings (SSSR count). The Kier molecular flexibility index (Phi) is 10.3. The van der Waals surface area contributed by atoms with Crippen molar-refractivity contribution in [3.63, 3.8) is 0 Å². The van der Waals surface area contributed by atoms with Crippen molar-refractivity contribution in [1.29, 1.82) is 0 Å². The summed E-state index contributed by atoms with van der Waals surface area (Å²) in [5, 5.41) is 6.92. The van der Waals surface area contributed by atoms with Crippen molar-refractivity contribution in [2.24, 2.45) is 0 Å². The number of likely N-dealkylation sites (tertiary alicyclic amines) is 1. The van der Waals surface area contributed by atoms with Crippen molar-refractivity contribution >= 4 is 52.2 Å². The maximum atomic E-state index is 13.1. The molecule has 0 bridgehead atoms. The maximum absolute atomic E-state index is 13.1. The van der Waals surface area contributed by atoms with Crippen molar-refractivity contribution in [2.75, 3.05) is 74.0 Å². The van der Waals surface area contributed by atoms with E-state index < -0.39 is 0 Å². The topological polar surface area (TPSA) is 71.2 Å². The second kappa shape index (κ2) is 14.8. The average molecular weight is 650 g/mol. The predicted octanol–water partition coefficient (Wildman–Crippen LogP) is 6.52. The molecule has 3 aliphatic heterocycles. The first kappa shape index (κ1) is 31.5. The van der Waals surface area contributed by atoms with Gasteiger partial charge in [-0.15, -0.1) is 0 Å². The van der Waals surface area contributed by atoms with Gasteiger partial charge in [-0.05, 0) is 105 Å². The first-order chi connectivity index (χ1) is 21.9. The summed E-state index contributed by atoms with van der Waals surface area (Å²) in [6.07, 6.45) is 5.89. The van der Waals surface area contributed by atoms with E-state index in [1.807, 2.05) is 36.4 Å². The van der Waals surface area contributed by atoms with Gasteiger partial charge in [0.1, 0.15) is 0 Å². The number of piperazine rings is 1. The number of halogens is 2. The highest BCUT2D eigenvalue weighted by atomic mass is 35.5. The van der Waals surface area contributed by atoms with Gasteiger partial charge < -0.3 is 30.2 Å². The minimum atomic E-state index is -0.207. The zero-order chi connectivity index (χ0) is 31.2. The van der Waals surface area contributed by atoms with E-state index in [0.717, 1.165) is 56.0 Å². The first-order valence-corrected chi connectivity index (χ1v) is 16.9. The molecule has 8 nitrogen and oxygen atoms in total. The lowest BCUT2D eigenvalue weighted by Crippen LogP contribution is -2.50. The van der Waals surface area contributed by atoms with Crippen LogP contribution in [0.1, 0.15) is 47.2 Å². The van der Waals surface area contributed by atoms with Crippen LogP contribution in [-0.4, -0.2) is 80.6 Å². The molecule has 3 aromatic rings. The summed E-state index contributed by atoms with van der Waals surface area (Å²) in [7, 11) is 0. The Balaban J connectivity index is 0.964. The van der Waals surface area contributed by atoms with Crippen LogP contribution >= 0.6 is 23.2 Å². The van der Waals surface area contributed by atoms with Gasteiger partial charge >= 0.3 is 6.03 Å². The molecular weight excluding hydrogens is 607 g/mol. The van der Waals surface area contributed by atoms with E-state index >= 15 is 0 Å².